The van der Waals surface area contributed by atoms with Crippen LogP contribution in [0.2, 0.25) is 0 Å². The van der Waals surface area contributed by atoms with Gasteiger partial charge in [0.1, 0.15) is 0 Å². The highest BCUT2D eigenvalue weighted by Gasteiger charge is 2.13. The average Bonchev–Trinajstić information content (AvgIpc) is 2.36. The number of hydrogen-bond donors (Lipinski definition) is 1. The van der Waals surface area contributed by atoms with Gasteiger partial charge < -0.3 is 9.84 Å². The fourth-order valence-corrected chi connectivity index (χ4v) is 1.45. The molecule has 0 aliphatic heterocycles. The lowest BCUT2D eigenvalue weighted by atomic mass is 10.2. The van der Waals surface area contributed by atoms with E-state index in [4.69, 9.17) is 9.84 Å². The summed E-state index contributed by atoms with van der Waals surface area (Å²) in [6, 6.07) is 5.59. The van der Waals surface area contributed by atoms with Crippen LogP contribution in [0.3, 0.4) is 0 Å². The molecule has 0 fully saturated rings. The van der Waals surface area contributed by atoms with Crippen molar-refractivity contribution in [2.45, 2.75) is 13.5 Å². The van der Waals surface area contributed by atoms with Crippen LogP contribution in [0.15, 0.2) is 30.5 Å². The largest absolute Gasteiger partial charge is 0.433 e. The molecule has 18 heavy (non-hydrogen) atoms. The summed E-state index contributed by atoms with van der Waals surface area (Å²) in [6.45, 7) is 1.29. The summed E-state index contributed by atoms with van der Waals surface area (Å²) in [6.07, 6.45) is 1.29. The standard InChI is InChI=1S/C13H11F2NO2/c1-8-2-3-10(14)11(6-8)18-13-12(15)9(7-17)4-5-16-13/h2-6,17H,7H2,1H3. The molecule has 0 atom stereocenters. The first-order valence-electron chi connectivity index (χ1n) is 5.30. The third kappa shape index (κ3) is 2.46. The van der Waals surface area contributed by atoms with Gasteiger partial charge >= 0.3 is 0 Å². The van der Waals surface area contributed by atoms with E-state index in [-0.39, 0.29) is 17.2 Å². The normalized spacial score (nSPS) is 10.4. The minimum atomic E-state index is -0.791. The minimum Gasteiger partial charge on any atom is -0.433 e. The molecule has 0 radical (unpaired) electrons. The Morgan fingerprint density at radius 3 is 2.78 bits per heavy atom. The quantitative estimate of drug-likeness (QED) is 0.911. The molecule has 1 N–H and O–H groups in total. The zero-order valence-electron chi connectivity index (χ0n) is 9.65. The fraction of sp³-hybridized carbons (Fsp3) is 0.154. The van der Waals surface area contributed by atoms with Crippen LogP contribution >= 0.6 is 0 Å². The predicted molar refractivity (Wildman–Crippen MR) is 61.3 cm³/mol. The highest BCUT2D eigenvalue weighted by atomic mass is 19.1. The molecule has 1 heterocycles. The van der Waals surface area contributed by atoms with Gasteiger partial charge in [0, 0.05) is 11.8 Å². The van der Waals surface area contributed by atoms with E-state index in [0.29, 0.717) is 0 Å². The number of hydrogen-bond acceptors (Lipinski definition) is 3. The van der Waals surface area contributed by atoms with Gasteiger partial charge in [0.2, 0.25) is 0 Å². The van der Waals surface area contributed by atoms with E-state index in [2.05, 4.69) is 4.98 Å². The van der Waals surface area contributed by atoms with Gasteiger partial charge in [-0.05, 0) is 30.7 Å². The lowest BCUT2D eigenvalue weighted by molar-refractivity contribution is 0.272. The molecule has 0 aliphatic rings. The maximum atomic E-state index is 13.7. The van der Waals surface area contributed by atoms with Crippen molar-refractivity contribution in [3.8, 4) is 11.6 Å². The van der Waals surface area contributed by atoms with Gasteiger partial charge in [-0.15, -0.1) is 0 Å². The number of aliphatic hydroxyl groups is 1. The number of rotatable bonds is 3. The van der Waals surface area contributed by atoms with Crippen LogP contribution in [-0.4, -0.2) is 10.1 Å². The van der Waals surface area contributed by atoms with Crippen LogP contribution in [0.1, 0.15) is 11.1 Å². The van der Waals surface area contributed by atoms with Crippen molar-refractivity contribution >= 4 is 0 Å². The molecule has 1 aromatic heterocycles. The number of ether oxygens (including phenoxy) is 1. The Kier molecular flexibility index (Phi) is 3.53. The zero-order chi connectivity index (χ0) is 13.1. The van der Waals surface area contributed by atoms with Crippen molar-refractivity contribution in [1.29, 1.82) is 0 Å². The van der Waals surface area contributed by atoms with Crippen LogP contribution in [0.4, 0.5) is 8.78 Å². The molecule has 2 rings (SSSR count). The van der Waals surface area contributed by atoms with Gasteiger partial charge in [-0.1, -0.05) is 6.07 Å². The molecule has 94 valence electrons. The van der Waals surface area contributed by atoms with E-state index in [0.717, 1.165) is 5.56 Å². The number of nitrogens with zero attached hydrogens (tertiary/aromatic N) is 1. The first kappa shape index (κ1) is 12.4. The molecule has 3 nitrogen and oxygen atoms in total. The molecule has 0 unspecified atom stereocenters. The summed E-state index contributed by atoms with van der Waals surface area (Å²) in [5, 5.41) is 8.91. The van der Waals surface area contributed by atoms with Gasteiger partial charge in [-0.3, -0.25) is 0 Å². The van der Waals surface area contributed by atoms with Crippen LogP contribution in [0.5, 0.6) is 11.6 Å². The van der Waals surface area contributed by atoms with E-state index >= 15 is 0 Å². The fourth-order valence-electron chi connectivity index (χ4n) is 1.45. The SMILES string of the molecule is Cc1ccc(F)c(Oc2nccc(CO)c2F)c1. The molecular weight excluding hydrogens is 240 g/mol. The Balaban J connectivity index is 2.37. The summed E-state index contributed by atoms with van der Waals surface area (Å²) in [5.41, 5.74) is 0.832. The molecule has 0 bridgehead atoms. The van der Waals surface area contributed by atoms with Crippen molar-refractivity contribution in [3.63, 3.8) is 0 Å². The van der Waals surface area contributed by atoms with Crippen molar-refractivity contribution < 1.29 is 18.6 Å². The highest BCUT2D eigenvalue weighted by Crippen LogP contribution is 2.27. The maximum Gasteiger partial charge on any atom is 0.256 e. The molecule has 0 amide bonds. The maximum absolute atomic E-state index is 13.7. The molecule has 1 aromatic carbocycles. The summed E-state index contributed by atoms with van der Waals surface area (Å²) >= 11 is 0. The van der Waals surface area contributed by atoms with Gasteiger partial charge in [0.05, 0.1) is 6.61 Å². The number of aromatic nitrogens is 1. The lowest BCUT2D eigenvalue weighted by Gasteiger charge is -2.08. The number of benzene rings is 1. The second-order valence-corrected chi connectivity index (χ2v) is 3.78. The van der Waals surface area contributed by atoms with E-state index in [9.17, 15) is 8.78 Å². The first-order valence-corrected chi connectivity index (χ1v) is 5.30. The van der Waals surface area contributed by atoms with Crippen LogP contribution in [0, 0.1) is 18.6 Å². The third-order valence-electron chi connectivity index (χ3n) is 2.40. The summed E-state index contributed by atoms with van der Waals surface area (Å²) in [7, 11) is 0. The third-order valence-corrected chi connectivity index (χ3v) is 2.40. The Labute approximate surface area is 103 Å². The first-order chi connectivity index (χ1) is 8.61. The summed E-state index contributed by atoms with van der Waals surface area (Å²) in [4.78, 5) is 3.68. The van der Waals surface area contributed by atoms with Gasteiger partial charge in [-0.2, -0.15) is 0 Å². The number of aryl methyl sites for hydroxylation is 1. The van der Waals surface area contributed by atoms with Crippen molar-refractivity contribution in [1.82, 2.24) is 4.98 Å². The van der Waals surface area contributed by atoms with Gasteiger partial charge in [0.15, 0.2) is 17.4 Å². The predicted octanol–water partition coefficient (Wildman–Crippen LogP) is 2.95. The van der Waals surface area contributed by atoms with Crippen molar-refractivity contribution in [3.05, 3.63) is 53.2 Å². The molecular formula is C13H11F2NO2. The zero-order valence-corrected chi connectivity index (χ0v) is 9.65. The number of pyridine rings is 1. The second-order valence-electron chi connectivity index (χ2n) is 3.78. The van der Waals surface area contributed by atoms with Crippen LogP contribution in [0.25, 0.3) is 0 Å². The molecule has 2 aromatic rings. The Bertz CT molecular complexity index is 573. The Morgan fingerprint density at radius 2 is 2.06 bits per heavy atom. The average molecular weight is 251 g/mol. The summed E-state index contributed by atoms with van der Waals surface area (Å²) in [5.74, 6) is -1.85. The lowest BCUT2D eigenvalue weighted by Crippen LogP contribution is -1.98. The van der Waals surface area contributed by atoms with E-state index in [1.165, 1.54) is 24.4 Å². The van der Waals surface area contributed by atoms with E-state index < -0.39 is 18.2 Å². The van der Waals surface area contributed by atoms with Crippen LogP contribution in [-0.2, 0) is 6.61 Å². The molecule has 5 heteroatoms. The van der Waals surface area contributed by atoms with Crippen molar-refractivity contribution in [2.24, 2.45) is 0 Å². The highest BCUT2D eigenvalue weighted by molar-refractivity contribution is 5.34. The number of halogens is 2. The minimum absolute atomic E-state index is 0.0491. The molecule has 0 saturated heterocycles. The van der Waals surface area contributed by atoms with E-state index in [1.54, 1.807) is 13.0 Å². The Morgan fingerprint density at radius 1 is 1.28 bits per heavy atom. The van der Waals surface area contributed by atoms with Gasteiger partial charge in [0.25, 0.3) is 5.88 Å². The molecule has 0 saturated carbocycles. The summed E-state index contributed by atoms with van der Waals surface area (Å²) < 4.78 is 32.3. The monoisotopic (exact) mass is 251 g/mol. The number of aliphatic hydroxyl groups excluding tert-OH is 1. The van der Waals surface area contributed by atoms with Gasteiger partial charge in [-0.25, -0.2) is 13.8 Å². The van der Waals surface area contributed by atoms with E-state index in [1.807, 2.05) is 0 Å². The Hall–Kier alpha value is -2.01. The smallest absolute Gasteiger partial charge is 0.256 e. The van der Waals surface area contributed by atoms with Crippen LogP contribution < -0.4 is 4.74 Å². The molecule has 0 spiro atoms. The molecule has 0 aliphatic carbocycles. The second kappa shape index (κ2) is 5.10. The topological polar surface area (TPSA) is 42.4 Å². The van der Waals surface area contributed by atoms with Crippen molar-refractivity contribution in [2.75, 3.05) is 0 Å².